The minimum absolute atomic E-state index is 0.0640. The molecule has 21 heavy (non-hydrogen) atoms. The van der Waals surface area contributed by atoms with Gasteiger partial charge in [-0.3, -0.25) is 4.79 Å². The number of rotatable bonds is 6. The summed E-state index contributed by atoms with van der Waals surface area (Å²) in [5.74, 6) is -0.0927. The second-order valence-electron chi connectivity index (χ2n) is 6.26. The van der Waals surface area contributed by atoms with E-state index in [1.54, 1.807) is 0 Å². The van der Waals surface area contributed by atoms with Gasteiger partial charge in [-0.25, -0.2) is 0 Å². The van der Waals surface area contributed by atoms with Gasteiger partial charge in [0.15, 0.2) is 0 Å². The first kappa shape index (κ1) is 16.0. The van der Waals surface area contributed by atoms with Gasteiger partial charge in [0.1, 0.15) is 0 Å². The largest absolute Gasteiger partial charge is 0.381 e. The summed E-state index contributed by atoms with van der Waals surface area (Å²) >= 11 is 0. The Morgan fingerprint density at radius 3 is 2.62 bits per heavy atom. The van der Waals surface area contributed by atoms with Crippen LogP contribution in [0.25, 0.3) is 0 Å². The van der Waals surface area contributed by atoms with Crippen LogP contribution in [-0.2, 0) is 16.0 Å². The molecular weight excluding hydrogens is 264 g/mol. The number of amides is 1. The summed E-state index contributed by atoms with van der Waals surface area (Å²) < 4.78 is 5.39. The fourth-order valence-electron chi connectivity index (χ4n) is 2.67. The van der Waals surface area contributed by atoms with E-state index in [0.29, 0.717) is 19.5 Å². The topological polar surface area (TPSA) is 64.4 Å². The normalized spacial score (nSPS) is 19.0. The molecule has 0 aromatic heterocycles. The first-order valence-corrected chi connectivity index (χ1v) is 7.72. The van der Waals surface area contributed by atoms with E-state index in [9.17, 15) is 4.79 Å². The summed E-state index contributed by atoms with van der Waals surface area (Å²) in [5, 5.41) is 3.09. The lowest BCUT2D eigenvalue weighted by molar-refractivity contribution is -0.125. The molecule has 1 unspecified atom stereocenters. The fraction of sp³-hybridized carbons (Fsp3) is 0.588. The average Bonchev–Trinajstić information content (AvgIpc) is 2.52. The molecule has 0 aliphatic carbocycles. The molecule has 1 aliphatic heterocycles. The maximum atomic E-state index is 12.3. The van der Waals surface area contributed by atoms with Gasteiger partial charge in [0.05, 0.1) is 5.92 Å². The molecule has 1 amide bonds. The van der Waals surface area contributed by atoms with E-state index in [1.165, 1.54) is 0 Å². The van der Waals surface area contributed by atoms with Crippen molar-refractivity contribution in [2.45, 2.75) is 26.2 Å². The van der Waals surface area contributed by atoms with E-state index in [-0.39, 0.29) is 17.2 Å². The molecule has 0 bridgehead atoms. The van der Waals surface area contributed by atoms with Crippen molar-refractivity contribution in [1.29, 1.82) is 0 Å². The van der Waals surface area contributed by atoms with Crippen molar-refractivity contribution in [3.8, 4) is 0 Å². The van der Waals surface area contributed by atoms with Crippen LogP contribution in [0, 0.1) is 11.3 Å². The lowest BCUT2D eigenvalue weighted by Crippen LogP contribution is -2.43. The van der Waals surface area contributed by atoms with E-state index < -0.39 is 0 Å². The van der Waals surface area contributed by atoms with Gasteiger partial charge in [-0.15, -0.1) is 0 Å². The lowest BCUT2D eigenvalue weighted by atomic mass is 9.82. The summed E-state index contributed by atoms with van der Waals surface area (Å²) in [6.45, 7) is 4.87. The van der Waals surface area contributed by atoms with E-state index in [1.807, 2.05) is 30.3 Å². The van der Waals surface area contributed by atoms with Crippen LogP contribution in [0.4, 0.5) is 0 Å². The maximum Gasteiger partial charge on any atom is 0.224 e. The van der Waals surface area contributed by atoms with Gasteiger partial charge in [0, 0.05) is 26.3 Å². The first-order valence-electron chi connectivity index (χ1n) is 7.72. The minimum Gasteiger partial charge on any atom is -0.381 e. The van der Waals surface area contributed by atoms with E-state index in [2.05, 4.69) is 12.2 Å². The molecular formula is C17H26N2O2. The van der Waals surface area contributed by atoms with Crippen LogP contribution in [0.2, 0.25) is 0 Å². The van der Waals surface area contributed by atoms with Gasteiger partial charge < -0.3 is 15.8 Å². The number of hydrogen-bond acceptors (Lipinski definition) is 3. The zero-order valence-electron chi connectivity index (χ0n) is 12.8. The van der Waals surface area contributed by atoms with Crippen LogP contribution in [0.15, 0.2) is 30.3 Å². The van der Waals surface area contributed by atoms with E-state index in [4.69, 9.17) is 10.5 Å². The summed E-state index contributed by atoms with van der Waals surface area (Å²) in [6.07, 6.45) is 2.70. The highest BCUT2D eigenvalue weighted by atomic mass is 16.5. The Bertz CT molecular complexity index is 441. The summed E-state index contributed by atoms with van der Waals surface area (Å²) in [4.78, 5) is 12.3. The molecule has 1 heterocycles. The third kappa shape index (κ3) is 4.83. The molecule has 4 nitrogen and oxygen atoms in total. The average molecular weight is 290 g/mol. The SMILES string of the molecule is CC1(CNC(=O)C(CN)Cc2ccccc2)CCOCC1. The number of ether oxygens (including phenoxy) is 1. The molecule has 0 saturated carbocycles. The lowest BCUT2D eigenvalue weighted by Gasteiger charge is -2.34. The second-order valence-corrected chi connectivity index (χ2v) is 6.26. The highest BCUT2D eigenvalue weighted by Crippen LogP contribution is 2.28. The standard InChI is InChI=1S/C17H26N2O2/c1-17(7-9-21-10-8-17)13-19-16(20)15(12-18)11-14-5-3-2-4-6-14/h2-6,15H,7-13,18H2,1H3,(H,19,20). The third-order valence-electron chi connectivity index (χ3n) is 4.37. The van der Waals surface area contributed by atoms with Gasteiger partial charge in [-0.1, -0.05) is 37.3 Å². The number of hydrogen-bond donors (Lipinski definition) is 2. The first-order chi connectivity index (χ1) is 10.1. The minimum atomic E-state index is -0.157. The van der Waals surface area contributed by atoms with Crippen LogP contribution < -0.4 is 11.1 Å². The highest BCUT2D eigenvalue weighted by molar-refractivity contribution is 5.79. The summed E-state index contributed by atoms with van der Waals surface area (Å²) in [7, 11) is 0. The molecule has 4 heteroatoms. The van der Waals surface area contributed by atoms with Crippen molar-refractivity contribution >= 4 is 5.91 Å². The Labute approximate surface area is 127 Å². The molecule has 0 radical (unpaired) electrons. The molecule has 1 fully saturated rings. The zero-order chi connectivity index (χ0) is 15.1. The Morgan fingerprint density at radius 1 is 1.33 bits per heavy atom. The Morgan fingerprint density at radius 2 is 2.00 bits per heavy atom. The number of benzene rings is 1. The summed E-state index contributed by atoms with van der Waals surface area (Å²) in [6, 6.07) is 10.0. The predicted octanol–water partition coefficient (Wildman–Crippen LogP) is 1.74. The van der Waals surface area contributed by atoms with Crippen molar-refractivity contribution in [3.63, 3.8) is 0 Å². The molecule has 2 rings (SSSR count). The Hall–Kier alpha value is -1.39. The predicted molar refractivity (Wildman–Crippen MR) is 83.9 cm³/mol. The van der Waals surface area contributed by atoms with Crippen LogP contribution in [0.5, 0.6) is 0 Å². The molecule has 1 saturated heterocycles. The monoisotopic (exact) mass is 290 g/mol. The van der Waals surface area contributed by atoms with Crippen molar-refractivity contribution in [1.82, 2.24) is 5.32 Å². The molecule has 116 valence electrons. The molecule has 1 aromatic rings. The fourth-order valence-corrected chi connectivity index (χ4v) is 2.67. The van der Waals surface area contributed by atoms with E-state index in [0.717, 1.165) is 31.6 Å². The van der Waals surface area contributed by atoms with Crippen LogP contribution in [0.1, 0.15) is 25.3 Å². The van der Waals surface area contributed by atoms with Crippen LogP contribution in [0.3, 0.4) is 0 Å². The molecule has 1 aromatic carbocycles. The van der Waals surface area contributed by atoms with Crippen molar-refractivity contribution < 1.29 is 9.53 Å². The quantitative estimate of drug-likeness (QED) is 0.838. The van der Waals surface area contributed by atoms with Crippen LogP contribution >= 0.6 is 0 Å². The third-order valence-corrected chi connectivity index (χ3v) is 4.37. The smallest absolute Gasteiger partial charge is 0.224 e. The maximum absolute atomic E-state index is 12.3. The number of nitrogens with two attached hydrogens (primary N) is 1. The van der Waals surface area contributed by atoms with Crippen molar-refractivity contribution in [2.75, 3.05) is 26.3 Å². The van der Waals surface area contributed by atoms with Gasteiger partial charge in [-0.05, 0) is 30.2 Å². The molecule has 1 aliphatic rings. The van der Waals surface area contributed by atoms with Gasteiger partial charge >= 0.3 is 0 Å². The van der Waals surface area contributed by atoms with Gasteiger partial charge in [-0.2, -0.15) is 0 Å². The van der Waals surface area contributed by atoms with Gasteiger partial charge in [0.25, 0.3) is 0 Å². The number of carbonyl (C=O) groups is 1. The van der Waals surface area contributed by atoms with Crippen LogP contribution in [-0.4, -0.2) is 32.2 Å². The van der Waals surface area contributed by atoms with Crippen molar-refractivity contribution in [3.05, 3.63) is 35.9 Å². The number of carbonyl (C=O) groups excluding carboxylic acids is 1. The molecule has 0 spiro atoms. The summed E-state index contributed by atoms with van der Waals surface area (Å²) in [5.41, 5.74) is 7.09. The Balaban J connectivity index is 1.85. The second kappa shape index (κ2) is 7.57. The number of nitrogens with one attached hydrogen (secondary N) is 1. The van der Waals surface area contributed by atoms with Gasteiger partial charge in [0.2, 0.25) is 5.91 Å². The van der Waals surface area contributed by atoms with E-state index >= 15 is 0 Å². The molecule has 3 N–H and O–H groups in total. The highest BCUT2D eigenvalue weighted by Gasteiger charge is 2.28. The molecule has 1 atom stereocenters. The Kier molecular flexibility index (Phi) is 5.76. The zero-order valence-corrected chi connectivity index (χ0v) is 12.8. The van der Waals surface area contributed by atoms with Crippen molar-refractivity contribution in [2.24, 2.45) is 17.1 Å².